The lowest BCUT2D eigenvalue weighted by Crippen LogP contribution is -2.49. The van der Waals surface area contributed by atoms with Crippen LogP contribution in [0.25, 0.3) is 0 Å². The summed E-state index contributed by atoms with van der Waals surface area (Å²) in [5, 5.41) is 20.4. The molecule has 0 saturated carbocycles. The average molecular weight is 1790 g/mol. The van der Waals surface area contributed by atoms with Crippen molar-refractivity contribution in [2.45, 2.75) is 71.3 Å². The van der Waals surface area contributed by atoms with Gasteiger partial charge >= 0.3 is 18.1 Å². The quantitative estimate of drug-likeness (QED) is 0.0127. The van der Waals surface area contributed by atoms with Crippen molar-refractivity contribution < 1.29 is 72.5 Å². The highest BCUT2D eigenvalue weighted by atomic mass is 35.5. The molecule has 0 spiro atoms. The summed E-state index contributed by atoms with van der Waals surface area (Å²) in [7, 11) is -3.47. The van der Waals surface area contributed by atoms with E-state index in [0.717, 1.165) is 50.1 Å². The van der Waals surface area contributed by atoms with E-state index in [4.69, 9.17) is 98.0 Å². The molecule has 9 N–H and O–H groups in total. The van der Waals surface area contributed by atoms with Crippen molar-refractivity contribution in [2.75, 3.05) is 206 Å². The van der Waals surface area contributed by atoms with E-state index < -0.39 is 30.1 Å². The van der Waals surface area contributed by atoms with Gasteiger partial charge in [0.15, 0.2) is 0 Å². The molecule has 9 rings (SSSR count). The number of sulfonamides is 3. The summed E-state index contributed by atoms with van der Waals surface area (Å²) in [4.78, 5) is 45.2. The number of urea groups is 3. The Kier molecular flexibility index (Phi) is 38.0. The first-order chi connectivity index (χ1) is 55.6. The first-order valence-corrected chi connectivity index (χ1v) is 45.4. The molecular weight excluding hydrogens is 1680 g/mol. The van der Waals surface area contributed by atoms with Gasteiger partial charge in [0.25, 0.3) is 0 Å². The Morgan fingerprint density at radius 3 is 0.879 bits per heavy atom. The lowest BCUT2D eigenvalue weighted by molar-refractivity contribution is -0.909. The lowest BCUT2D eigenvalue weighted by Gasteiger charge is -2.35. The highest BCUT2D eigenvalue weighted by Crippen LogP contribution is 2.42. The Bertz CT molecular complexity index is 4140. The third-order valence-electron chi connectivity index (χ3n) is 20.0. The van der Waals surface area contributed by atoms with Gasteiger partial charge in [-0.2, -0.15) is 0 Å². The molecule has 6 aromatic carbocycles. The van der Waals surface area contributed by atoms with Crippen LogP contribution in [0.4, 0.5) is 14.4 Å². The highest BCUT2D eigenvalue weighted by molar-refractivity contribution is 7.90. The fraction of sp³-hybridized carbons (Fsp3) is 0.506. The monoisotopic (exact) mass is 1780 g/mol. The summed E-state index contributed by atoms with van der Waals surface area (Å²) in [5.74, 6) is -0.372. The molecule has 3 aliphatic heterocycles. The van der Waals surface area contributed by atoms with Gasteiger partial charge in [-0.1, -0.05) is 106 Å². The van der Waals surface area contributed by atoms with Crippen molar-refractivity contribution in [2.24, 2.45) is 0 Å². The number of fused-ring (bicyclic) bond motifs is 3. The van der Waals surface area contributed by atoms with E-state index >= 15 is 0 Å². The summed E-state index contributed by atoms with van der Waals surface area (Å²) < 4.78 is 122. The number of benzene rings is 6. The van der Waals surface area contributed by atoms with Gasteiger partial charge < -0.3 is 79.5 Å². The van der Waals surface area contributed by atoms with Gasteiger partial charge in [-0.25, -0.2) is 53.8 Å². The van der Waals surface area contributed by atoms with Crippen molar-refractivity contribution in [3.05, 3.63) is 189 Å². The maximum Gasteiger partial charge on any atom is 0.314 e. The number of nitrogens with one attached hydrogen (secondary N) is 9. The SMILES string of the molecule is CN1Cc2c(Cl)cc(Cl)cc2[C@H](c2cccc(S(=O)(=O)NCCOCCOCCNC(=O)NCCC[N+](C)(CCCNC(=O)NCCOCCOCCNS(=O)(=O)c3cccc([C@@H]4CN(C)Cc5c(Cl)cc(Cl)cc54)c3)CCCNC(=O)NCCOCCOCCNS(=O)(=O)c3cccc([C@@H]4CN(C)Cc5c(Cl)cc(Cl)cc54)c3)c2)C1. The van der Waals surface area contributed by atoms with E-state index in [9.17, 15) is 39.6 Å². The molecule has 638 valence electrons. The van der Waals surface area contributed by atoms with Crippen molar-refractivity contribution in [1.82, 2.24) is 60.8 Å². The summed E-state index contributed by atoms with van der Waals surface area (Å²) in [6.07, 6.45) is 1.89. The Morgan fingerprint density at radius 1 is 0.362 bits per heavy atom. The Hall–Kier alpha value is -5.80. The predicted molar refractivity (Wildman–Crippen MR) is 453 cm³/mol. The topological polar surface area (TPSA) is 327 Å². The average Bonchev–Trinajstić information content (AvgIpc) is 0.781. The number of ether oxygens (including phenoxy) is 6. The number of carbonyl (C=O) groups excluding carboxylic acids is 3. The zero-order valence-electron chi connectivity index (χ0n) is 65.9. The van der Waals surface area contributed by atoms with Crippen molar-refractivity contribution >= 4 is 118 Å². The molecule has 0 unspecified atom stereocenters. The van der Waals surface area contributed by atoms with Gasteiger partial charge in [0.1, 0.15) is 0 Å². The molecule has 6 aromatic rings. The molecule has 6 amide bonds. The Labute approximate surface area is 712 Å². The van der Waals surface area contributed by atoms with Crippen LogP contribution in [0.2, 0.25) is 30.1 Å². The van der Waals surface area contributed by atoms with E-state index in [1.54, 1.807) is 72.8 Å². The van der Waals surface area contributed by atoms with Crippen LogP contribution in [-0.4, -0.2) is 268 Å². The van der Waals surface area contributed by atoms with E-state index in [2.05, 4.69) is 67.8 Å². The fourth-order valence-corrected chi connectivity index (χ4v) is 19.2. The van der Waals surface area contributed by atoms with E-state index in [1.807, 2.05) is 57.5 Å². The maximum atomic E-state index is 13.3. The Balaban J connectivity index is 0.622. The minimum atomic E-state index is -3.85. The van der Waals surface area contributed by atoms with Gasteiger partial charge in [0.2, 0.25) is 30.1 Å². The number of quaternary nitrogens is 1. The molecular formula is C79H108Cl6N13O15S3+. The van der Waals surface area contributed by atoms with Crippen molar-refractivity contribution in [1.29, 1.82) is 0 Å². The number of rotatable bonds is 48. The zero-order chi connectivity index (χ0) is 83.3. The number of likely N-dealkylation sites (N-methyl/N-ethyl adjacent to an activating group) is 3. The molecule has 3 heterocycles. The molecule has 0 radical (unpaired) electrons. The number of carbonyl (C=O) groups is 3. The second-order valence-electron chi connectivity index (χ2n) is 29.1. The first kappa shape index (κ1) is 94.1. The molecule has 3 aliphatic rings. The first-order valence-electron chi connectivity index (χ1n) is 38.7. The van der Waals surface area contributed by atoms with Crippen molar-refractivity contribution in [3.8, 4) is 0 Å². The highest BCUT2D eigenvalue weighted by Gasteiger charge is 2.33. The number of hydrogen-bond donors (Lipinski definition) is 9. The number of hydrogen-bond acceptors (Lipinski definition) is 18. The molecule has 37 heteroatoms. The van der Waals surface area contributed by atoms with Crippen LogP contribution in [0, 0.1) is 0 Å². The molecule has 0 aliphatic carbocycles. The van der Waals surface area contributed by atoms with Crippen LogP contribution in [-0.2, 0) is 78.1 Å². The zero-order valence-corrected chi connectivity index (χ0v) is 72.8. The molecule has 28 nitrogen and oxygen atoms in total. The fourth-order valence-electron chi connectivity index (χ4n) is 14.3. The summed E-state index contributed by atoms with van der Waals surface area (Å²) >= 11 is 38.9. The number of amides is 6. The van der Waals surface area contributed by atoms with Crippen LogP contribution in [0.5, 0.6) is 0 Å². The summed E-state index contributed by atoms with van der Waals surface area (Å²) in [6.45, 7) is 10.3. The third kappa shape index (κ3) is 29.8. The maximum absolute atomic E-state index is 13.3. The third-order valence-corrected chi connectivity index (χ3v) is 26.0. The van der Waals surface area contributed by atoms with E-state index in [0.29, 0.717) is 132 Å². The van der Waals surface area contributed by atoms with Crippen LogP contribution in [0.3, 0.4) is 0 Å². The van der Waals surface area contributed by atoms with Gasteiger partial charge in [0.05, 0.1) is 121 Å². The second kappa shape index (κ2) is 46.8. The van der Waals surface area contributed by atoms with Crippen LogP contribution < -0.4 is 46.1 Å². The molecule has 0 bridgehead atoms. The second-order valence-corrected chi connectivity index (χ2v) is 36.9. The Morgan fingerprint density at radius 2 is 0.612 bits per heavy atom. The van der Waals surface area contributed by atoms with Crippen LogP contribution >= 0.6 is 69.6 Å². The molecule has 116 heavy (non-hydrogen) atoms. The standard InChI is InChI=1S/C79H107Cl6N13O15S3/c1-95-50-68(65-44-59(80)47-74(83)71(65)53-95)56-11-5-14-62(41-56)114(102,103)92-23-32-111-38-35-108-29-20-89-77(99)86-17-8-26-98(4,27-9-18-87-78(100)90-21-30-109-36-39-112-33-24-93-115(104,105)63-15-6-12-57(42-63)69-51-96(2)54-72-66(69)45-60(81)48-75(72)84)28-10-19-88-79(101)91-22-31-110-37-40-113-34-25-94-116(106,107)64-16-7-13-58(43-64)70-52-97(3)55-73-67(70)46-61(82)49-76(73)85/h5-7,11-16,41-49,68-70,92-94H,8-10,17-40,50-55H2,1-4H3,(H5-,86,87,88,89,90,91,99,100,101)/p+1/t68-,69-,70-/m0/s1. The molecule has 0 aromatic heterocycles. The lowest BCUT2D eigenvalue weighted by atomic mass is 9.85. The van der Waals surface area contributed by atoms with Gasteiger partial charge in [-0.05, 0) is 144 Å². The molecule has 3 atom stereocenters. The minimum Gasteiger partial charge on any atom is -0.378 e. The van der Waals surface area contributed by atoms with E-state index in [-0.39, 0.29) is 169 Å². The van der Waals surface area contributed by atoms with Crippen LogP contribution in [0.1, 0.15) is 87.1 Å². The summed E-state index contributed by atoms with van der Waals surface area (Å²) in [6, 6.07) is 30.4. The molecule has 0 fully saturated rings. The van der Waals surface area contributed by atoms with Gasteiger partial charge in [-0.3, -0.25) is 0 Å². The predicted octanol–water partition coefficient (Wildman–Crippen LogP) is 9.19. The van der Waals surface area contributed by atoms with Crippen molar-refractivity contribution in [3.63, 3.8) is 0 Å². The van der Waals surface area contributed by atoms with Gasteiger partial charge in [0, 0.05) is 165 Å². The minimum absolute atomic E-state index is 0.0462. The molecule has 0 saturated heterocycles. The van der Waals surface area contributed by atoms with Crippen LogP contribution in [0.15, 0.2) is 124 Å². The van der Waals surface area contributed by atoms with E-state index in [1.165, 1.54) is 0 Å². The number of halogens is 6. The number of nitrogens with zero attached hydrogens (tertiary/aromatic N) is 4. The summed E-state index contributed by atoms with van der Waals surface area (Å²) in [5.41, 5.74) is 8.35. The van der Waals surface area contributed by atoms with Gasteiger partial charge in [-0.15, -0.1) is 0 Å². The smallest absolute Gasteiger partial charge is 0.314 e. The normalized spacial score (nSPS) is 16.1. The largest absolute Gasteiger partial charge is 0.378 e.